The number of nitrogens with zero attached hydrogens (tertiary/aromatic N) is 4. The summed E-state index contributed by atoms with van der Waals surface area (Å²) < 4.78 is 5.82. The minimum atomic E-state index is 0.196. The molecule has 6 nitrogen and oxygen atoms in total. The van der Waals surface area contributed by atoms with Crippen LogP contribution in [0, 0.1) is 0 Å². The number of likely N-dealkylation sites (tertiary alicyclic amines) is 1. The number of hydrogen-bond donors (Lipinski definition) is 0. The second-order valence-electron chi connectivity index (χ2n) is 6.27. The zero-order valence-corrected chi connectivity index (χ0v) is 13.3. The molecule has 1 aromatic heterocycles. The van der Waals surface area contributed by atoms with Crippen molar-refractivity contribution in [2.75, 3.05) is 44.2 Å². The largest absolute Gasteiger partial charge is 0.423 e. The quantitative estimate of drug-likeness (QED) is 0.812. The molecule has 6 heteroatoms. The summed E-state index contributed by atoms with van der Waals surface area (Å²) in [5, 5.41) is 0. The maximum Gasteiger partial charge on any atom is 0.320 e. The van der Waals surface area contributed by atoms with Crippen LogP contribution in [0.2, 0.25) is 0 Å². The van der Waals surface area contributed by atoms with Gasteiger partial charge in [-0.3, -0.25) is 0 Å². The van der Waals surface area contributed by atoms with E-state index in [1.165, 1.54) is 6.42 Å². The third-order valence-corrected chi connectivity index (χ3v) is 4.73. The number of carbonyl (C=O) groups is 1. The number of hydrogen-bond acceptors (Lipinski definition) is 4. The van der Waals surface area contributed by atoms with Gasteiger partial charge in [-0.2, -0.15) is 4.98 Å². The van der Waals surface area contributed by atoms with E-state index in [4.69, 9.17) is 4.42 Å². The minimum Gasteiger partial charge on any atom is -0.423 e. The first-order chi connectivity index (χ1) is 11.3. The molecule has 2 aromatic rings. The van der Waals surface area contributed by atoms with Gasteiger partial charge in [0.2, 0.25) is 0 Å². The van der Waals surface area contributed by atoms with E-state index >= 15 is 0 Å². The average Bonchev–Trinajstić information content (AvgIpc) is 3.06. The molecule has 4 rings (SSSR count). The molecule has 0 aliphatic carbocycles. The average molecular weight is 314 g/mol. The number of anilines is 1. The van der Waals surface area contributed by atoms with E-state index in [0.29, 0.717) is 6.01 Å². The second-order valence-corrected chi connectivity index (χ2v) is 6.27. The zero-order valence-electron chi connectivity index (χ0n) is 13.3. The van der Waals surface area contributed by atoms with E-state index in [9.17, 15) is 4.79 Å². The van der Waals surface area contributed by atoms with Crippen molar-refractivity contribution in [1.29, 1.82) is 0 Å². The van der Waals surface area contributed by atoms with Crippen molar-refractivity contribution in [3.63, 3.8) is 0 Å². The summed E-state index contributed by atoms with van der Waals surface area (Å²) in [5.74, 6) is 0. The molecule has 2 amide bonds. The molecule has 3 heterocycles. The Kier molecular flexibility index (Phi) is 3.81. The van der Waals surface area contributed by atoms with E-state index in [1.54, 1.807) is 0 Å². The fraction of sp³-hybridized carbons (Fsp3) is 0.529. The van der Waals surface area contributed by atoms with Crippen molar-refractivity contribution in [3.05, 3.63) is 24.3 Å². The Bertz CT molecular complexity index is 652. The molecule has 1 aromatic carbocycles. The van der Waals surface area contributed by atoms with Crippen molar-refractivity contribution >= 4 is 23.1 Å². The molecule has 0 saturated carbocycles. The number of amides is 2. The first kappa shape index (κ1) is 14.4. The Hall–Kier alpha value is -2.24. The molecule has 0 radical (unpaired) electrons. The van der Waals surface area contributed by atoms with E-state index in [-0.39, 0.29) is 6.03 Å². The molecule has 2 fully saturated rings. The molecule has 0 unspecified atom stereocenters. The highest BCUT2D eigenvalue weighted by Gasteiger charge is 2.27. The molecule has 0 atom stereocenters. The molecule has 0 bridgehead atoms. The Labute approximate surface area is 135 Å². The third kappa shape index (κ3) is 2.85. The number of fused-ring (bicyclic) bond motifs is 1. The van der Waals surface area contributed by atoms with E-state index in [1.807, 2.05) is 34.1 Å². The number of para-hydroxylation sites is 2. The lowest BCUT2D eigenvalue weighted by atomic mass is 10.1. The normalized spacial score (nSPS) is 19.4. The number of piperidine rings is 1. The summed E-state index contributed by atoms with van der Waals surface area (Å²) in [6, 6.07) is 8.66. The van der Waals surface area contributed by atoms with Gasteiger partial charge in [0.05, 0.1) is 0 Å². The highest BCUT2D eigenvalue weighted by atomic mass is 16.4. The Morgan fingerprint density at radius 3 is 2.35 bits per heavy atom. The lowest BCUT2D eigenvalue weighted by molar-refractivity contribution is 0.140. The number of aromatic nitrogens is 1. The van der Waals surface area contributed by atoms with Crippen LogP contribution in [0.5, 0.6) is 0 Å². The van der Waals surface area contributed by atoms with Crippen LogP contribution in [0.3, 0.4) is 0 Å². The topological polar surface area (TPSA) is 52.8 Å². The smallest absolute Gasteiger partial charge is 0.320 e. The fourth-order valence-electron chi connectivity index (χ4n) is 3.37. The predicted molar refractivity (Wildman–Crippen MR) is 88.6 cm³/mol. The predicted octanol–water partition coefficient (Wildman–Crippen LogP) is 2.56. The van der Waals surface area contributed by atoms with Crippen LogP contribution < -0.4 is 4.90 Å². The van der Waals surface area contributed by atoms with Gasteiger partial charge >= 0.3 is 6.03 Å². The SMILES string of the molecule is O=C(N1CCCCC1)N1CCN(c2nc3ccccc3o2)CC1. The summed E-state index contributed by atoms with van der Waals surface area (Å²) in [6.07, 6.45) is 3.51. The summed E-state index contributed by atoms with van der Waals surface area (Å²) in [7, 11) is 0. The molecular weight excluding hydrogens is 292 g/mol. The number of urea groups is 1. The van der Waals surface area contributed by atoms with Gasteiger partial charge in [-0.25, -0.2) is 4.79 Å². The molecule has 23 heavy (non-hydrogen) atoms. The lowest BCUT2D eigenvalue weighted by Crippen LogP contribution is -2.53. The summed E-state index contributed by atoms with van der Waals surface area (Å²) in [4.78, 5) is 23.2. The van der Waals surface area contributed by atoms with Crippen LogP contribution in [0.1, 0.15) is 19.3 Å². The maximum atomic E-state index is 12.5. The van der Waals surface area contributed by atoms with Crippen molar-refractivity contribution < 1.29 is 9.21 Å². The van der Waals surface area contributed by atoms with Crippen LogP contribution in [0.15, 0.2) is 28.7 Å². The van der Waals surface area contributed by atoms with Gasteiger partial charge in [-0.1, -0.05) is 12.1 Å². The number of benzene rings is 1. The summed E-state index contributed by atoms with van der Waals surface area (Å²) in [5.41, 5.74) is 1.70. The number of oxazole rings is 1. The van der Waals surface area contributed by atoms with Crippen LogP contribution in [-0.4, -0.2) is 60.1 Å². The summed E-state index contributed by atoms with van der Waals surface area (Å²) in [6.45, 7) is 4.81. The van der Waals surface area contributed by atoms with E-state index in [0.717, 1.165) is 63.2 Å². The minimum absolute atomic E-state index is 0.196. The summed E-state index contributed by atoms with van der Waals surface area (Å²) >= 11 is 0. The highest BCUT2D eigenvalue weighted by molar-refractivity contribution is 5.75. The van der Waals surface area contributed by atoms with Crippen LogP contribution >= 0.6 is 0 Å². The van der Waals surface area contributed by atoms with Gasteiger partial charge in [-0.15, -0.1) is 0 Å². The number of piperazine rings is 1. The van der Waals surface area contributed by atoms with Crippen molar-refractivity contribution in [2.24, 2.45) is 0 Å². The Balaban J connectivity index is 1.39. The lowest BCUT2D eigenvalue weighted by Gasteiger charge is -2.38. The zero-order chi connectivity index (χ0) is 15.6. The van der Waals surface area contributed by atoms with Gasteiger partial charge in [0.25, 0.3) is 6.01 Å². The second kappa shape index (κ2) is 6.10. The molecular formula is C17H22N4O2. The number of rotatable bonds is 1. The fourth-order valence-corrected chi connectivity index (χ4v) is 3.37. The Morgan fingerprint density at radius 2 is 1.61 bits per heavy atom. The molecule has 0 N–H and O–H groups in total. The van der Waals surface area contributed by atoms with E-state index < -0.39 is 0 Å². The Morgan fingerprint density at radius 1 is 0.913 bits per heavy atom. The third-order valence-electron chi connectivity index (χ3n) is 4.73. The van der Waals surface area contributed by atoms with Gasteiger partial charge in [0.15, 0.2) is 5.58 Å². The van der Waals surface area contributed by atoms with Gasteiger partial charge in [0, 0.05) is 39.3 Å². The van der Waals surface area contributed by atoms with Gasteiger partial charge in [0.1, 0.15) is 5.52 Å². The monoisotopic (exact) mass is 314 g/mol. The standard InChI is InChI=1S/C17H22N4O2/c22-17(20-8-4-1-5-9-20)21-12-10-19(11-13-21)16-18-14-6-2-3-7-15(14)23-16/h2-3,6-7H,1,4-5,8-13H2. The van der Waals surface area contributed by atoms with Crippen LogP contribution in [0.4, 0.5) is 10.8 Å². The molecule has 0 spiro atoms. The van der Waals surface area contributed by atoms with Crippen molar-refractivity contribution in [3.8, 4) is 0 Å². The van der Waals surface area contributed by atoms with Crippen LogP contribution in [-0.2, 0) is 0 Å². The van der Waals surface area contributed by atoms with E-state index in [2.05, 4.69) is 9.88 Å². The van der Waals surface area contributed by atoms with Crippen molar-refractivity contribution in [1.82, 2.24) is 14.8 Å². The first-order valence-electron chi connectivity index (χ1n) is 8.46. The molecule has 2 aliphatic rings. The van der Waals surface area contributed by atoms with Crippen LogP contribution in [0.25, 0.3) is 11.1 Å². The van der Waals surface area contributed by atoms with Gasteiger partial charge in [-0.05, 0) is 31.4 Å². The van der Waals surface area contributed by atoms with Gasteiger partial charge < -0.3 is 19.1 Å². The molecule has 2 aliphatic heterocycles. The first-order valence-corrected chi connectivity index (χ1v) is 8.46. The highest BCUT2D eigenvalue weighted by Crippen LogP contribution is 2.23. The van der Waals surface area contributed by atoms with Crippen molar-refractivity contribution in [2.45, 2.75) is 19.3 Å². The molecule has 122 valence electrons. The number of carbonyl (C=O) groups excluding carboxylic acids is 1. The molecule has 2 saturated heterocycles. The maximum absolute atomic E-state index is 12.5.